The van der Waals surface area contributed by atoms with E-state index in [9.17, 15) is 0 Å². The third-order valence-electron chi connectivity index (χ3n) is 5.01. The zero-order valence-electron chi connectivity index (χ0n) is 14.4. The van der Waals surface area contributed by atoms with Gasteiger partial charge in [0.05, 0.1) is 12.6 Å². The Morgan fingerprint density at radius 1 is 0.654 bits per heavy atom. The number of benzene rings is 4. The Balaban J connectivity index is 1.94. The van der Waals surface area contributed by atoms with Crippen LogP contribution in [0.1, 0.15) is 0 Å². The van der Waals surface area contributed by atoms with E-state index in [1.807, 2.05) is 18.3 Å². The smallest absolute Gasteiger partial charge is 0.127 e. The highest BCUT2D eigenvalue weighted by Gasteiger charge is 2.14. The van der Waals surface area contributed by atoms with Crippen molar-refractivity contribution in [2.75, 3.05) is 7.11 Å². The average Bonchev–Trinajstić information content (AvgIpc) is 2.72. The third kappa shape index (κ3) is 2.16. The molecular formula is C24H17NO. The van der Waals surface area contributed by atoms with Crippen molar-refractivity contribution >= 4 is 32.4 Å². The minimum atomic E-state index is 0.879. The molecule has 0 saturated carbocycles. The van der Waals surface area contributed by atoms with Crippen LogP contribution >= 0.6 is 0 Å². The molecule has 1 heterocycles. The second-order valence-corrected chi connectivity index (χ2v) is 6.41. The van der Waals surface area contributed by atoms with E-state index in [2.05, 4.69) is 66.7 Å². The summed E-state index contributed by atoms with van der Waals surface area (Å²) in [5, 5.41) is 5.91. The summed E-state index contributed by atoms with van der Waals surface area (Å²) in [5.74, 6) is 0.879. The van der Waals surface area contributed by atoms with Crippen molar-refractivity contribution in [1.82, 2.24) is 4.98 Å². The van der Waals surface area contributed by atoms with Gasteiger partial charge in [0.25, 0.3) is 0 Å². The number of ether oxygens (including phenoxy) is 1. The summed E-state index contributed by atoms with van der Waals surface area (Å²) < 4.78 is 5.72. The van der Waals surface area contributed by atoms with E-state index >= 15 is 0 Å². The minimum absolute atomic E-state index is 0.879. The van der Waals surface area contributed by atoms with E-state index in [1.54, 1.807) is 7.11 Å². The van der Waals surface area contributed by atoms with E-state index in [1.165, 1.54) is 21.5 Å². The molecule has 0 aliphatic rings. The largest absolute Gasteiger partial charge is 0.496 e. The molecule has 1 aromatic heterocycles. The number of hydrogen-bond acceptors (Lipinski definition) is 2. The number of methoxy groups -OCH3 is 1. The van der Waals surface area contributed by atoms with Crippen molar-refractivity contribution in [3.8, 4) is 16.9 Å². The number of aromatic nitrogens is 1. The fourth-order valence-electron chi connectivity index (χ4n) is 3.80. The van der Waals surface area contributed by atoms with Crippen molar-refractivity contribution in [2.24, 2.45) is 0 Å². The van der Waals surface area contributed by atoms with Gasteiger partial charge in [0.15, 0.2) is 0 Å². The van der Waals surface area contributed by atoms with Gasteiger partial charge in [-0.15, -0.1) is 0 Å². The lowest BCUT2D eigenvalue weighted by Gasteiger charge is -2.15. The maximum absolute atomic E-state index is 5.72. The first-order chi connectivity index (χ1) is 12.9. The molecule has 0 spiro atoms. The Morgan fingerprint density at radius 2 is 1.42 bits per heavy atom. The molecule has 26 heavy (non-hydrogen) atoms. The van der Waals surface area contributed by atoms with Crippen LogP contribution in [0.2, 0.25) is 0 Å². The van der Waals surface area contributed by atoms with E-state index in [-0.39, 0.29) is 0 Å². The van der Waals surface area contributed by atoms with E-state index in [0.29, 0.717) is 0 Å². The van der Waals surface area contributed by atoms with Gasteiger partial charge < -0.3 is 4.74 Å². The lowest BCUT2D eigenvalue weighted by Crippen LogP contribution is -1.92. The maximum atomic E-state index is 5.72. The highest BCUT2D eigenvalue weighted by Crippen LogP contribution is 2.41. The fourth-order valence-corrected chi connectivity index (χ4v) is 3.80. The third-order valence-corrected chi connectivity index (χ3v) is 5.01. The van der Waals surface area contributed by atoms with Crippen molar-refractivity contribution in [3.63, 3.8) is 0 Å². The minimum Gasteiger partial charge on any atom is -0.496 e. The summed E-state index contributed by atoms with van der Waals surface area (Å²) in [6.07, 6.45) is 1.98. The molecule has 0 N–H and O–H groups in total. The predicted molar refractivity (Wildman–Crippen MR) is 109 cm³/mol. The molecule has 0 amide bonds. The molecular weight excluding hydrogens is 318 g/mol. The highest BCUT2D eigenvalue weighted by atomic mass is 16.5. The molecule has 0 fully saturated rings. The van der Waals surface area contributed by atoms with Crippen molar-refractivity contribution in [1.29, 1.82) is 0 Å². The fraction of sp³-hybridized carbons (Fsp3) is 0.0417. The van der Waals surface area contributed by atoms with Gasteiger partial charge in [0.1, 0.15) is 5.75 Å². The summed E-state index contributed by atoms with van der Waals surface area (Å²) in [7, 11) is 1.73. The molecule has 5 rings (SSSR count). The van der Waals surface area contributed by atoms with Gasteiger partial charge in [0.2, 0.25) is 0 Å². The first-order valence-electron chi connectivity index (χ1n) is 8.69. The summed E-state index contributed by atoms with van der Waals surface area (Å²) >= 11 is 0. The lowest BCUT2D eigenvalue weighted by atomic mass is 9.93. The van der Waals surface area contributed by atoms with Crippen LogP contribution < -0.4 is 4.74 Å². The van der Waals surface area contributed by atoms with Crippen LogP contribution in [-0.2, 0) is 0 Å². The molecule has 0 bridgehead atoms. The summed E-state index contributed by atoms with van der Waals surface area (Å²) in [5.41, 5.74) is 3.28. The molecule has 4 aromatic carbocycles. The van der Waals surface area contributed by atoms with Gasteiger partial charge in [0, 0.05) is 22.5 Å². The predicted octanol–water partition coefficient (Wildman–Crippen LogP) is 6.22. The molecule has 0 radical (unpaired) electrons. The number of hydrogen-bond donors (Lipinski definition) is 0. The van der Waals surface area contributed by atoms with Crippen LogP contribution in [0.5, 0.6) is 5.75 Å². The number of para-hydroxylation sites is 1. The molecule has 0 saturated heterocycles. The molecule has 0 aliphatic heterocycles. The Kier molecular flexibility index (Phi) is 3.36. The molecule has 0 unspecified atom stereocenters. The van der Waals surface area contributed by atoms with Crippen LogP contribution in [0.4, 0.5) is 0 Å². The monoisotopic (exact) mass is 335 g/mol. The molecule has 2 nitrogen and oxygen atoms in total. The topological polar surface area (TPSA) is 22.1 Å². The Labute approximate surface area is 151 Å². The molecule has 0 aliphatic carbocycles. The van der Waals surface area contributed by atoms with E-state index in [0.717, 1.165) is 27.8 Å². The number of fused-ring (bicyclic) bond motifs is 4. The zero-order chi connectivity index (χ0) is 17.5. The van der Waals surface area contributed by atoms with Crippen LogP contribution in [0, 0.1) is 0 Å². The zero-order valence-corrected chi connectivity index (χ0v) is 14.4. The maximum Gasteiger partial charge on any atom is 0.127 e. The summed E-state index contributed by atoms with van der Waals surface area (Å²) in [6.45, 7) is 0. The van der Waals surface area contributed by atoms with Crippen molar-refractivity contribution < 1.29 is 4.74 Å². The van der Waals surface area contributed by atoms with Gasteiger partial charge in [-0.05, 0) is 33.9 Å². The van der Waals surface area contributed by atoms with Gasteiger partial charge in [-0.25, -0.2) is 0 Å². The second kappa shape index (κ2) is 5.85. The molecule has 0 atom stereocenters. The average molecular weight is 335 g/mol. The quantitative estimate of drug-likeness (QED) is 0.357. The molecule has 5 aromatic rings. The highest BCUT2D eigenvalue weighted by molar-refractivity contribution is 6.13. The number of nitrogens with zero attached hydrogens (tertiary/aromatic N) is 1. The first-order valence-corrected chi connectivity index (χ1v) is 8.69. The van der Waals surface area contributed by atoms with Gasteiger partial charge in [-0.3, -0.25) is 4.98 Å². The second-order valence-electron chi connectivity index (χ2n) is 6.41. The standard InChI is InChI=1S/C24H17NO/c1-26-23-14-13-16-7-2-3-8-17(16)24(23)20-11-6-10-18-19-9-4-5-12-22(19)25-15-21(18)20/h2-15H,1H3. The SMILES string of the molecule is COc1ccc2ccccc2c1-c1cccc2c1cnc1ccccc12. The molecule has 124 valence electrons. The van der Waals surface area contributed by atoms with Gasteiger partial charge >= 0.3 is 0 Å². The lowest BCUT2D eigenvalue weighted by molar-refractivity contribution is 0.417. The van der Waals surface area contributed by atoms with E-state index < -0.39 is 0 Å². The Bertz CT molecular complexity index is 1270. The van der Waals surface area contributed by atoms with Crippen LogP contribution in [0.3, 0.4) is 0 Å². The Hall–Kier alpha value is -3.39. The van der Waals surface area contributed by atoms with Crippen LogP contribution in [-0.4, -0.2) is 12.1 Å². The van der Waals surface area contributed by atoms with Gasteiger partial charge in [-0.2, -0.15) is 0 Å². The van der Waals surface area contributed by atoms with Crippen molar-refractivity contribution in [3.05, 3.63) is 85.1 Å². The summed E-state index contributed by atoms with van der Waals surface area (Å²) in [6, 6.07) is 27.3. The number of rotatable bonds is 2. The van der Waals surface area contributed by atoms with Crippen LogP contribution in [0.15, 0.2) is 85.1 Å². The van der Waals surface area contributed by atoms with Crippen molar-refractivity contribution in [2.45, 2.75) is 0 Å². The summed E-state index contributed by atoms with van der Waals surface area (Å²) in [4.78, 5) is 4.69. The van der Waals surface area contributed by atoms with E-state index in [4.69, 9.17) is 9.72 Å². The Morgan fingerprint density at radius 3 is 2.31 bits per heavy atom. The number of pyridine rings is 1. The molecule has 2 heteroatoms. The van der Waals surface area contributed by atoms with Gasteiger partial charge in [-0.1, -0.05) is 66.7 Å². The first kappa shape index (κ1) is 14.9. The normalized spacial score (nSPS) is 11.3. The van der Waals surface area contributed by atoms with Crippen LogP contribution in [0.25, 0.3) is 43.6 Å².